The molecule has 1 aromatic heterocycles. The van der Waals surface area contributed by atoms with Crippen LogP contribution in [0.4, 0.5) is 0 Å². The highest BCUT2D eigenvalue weighted by molar-refractivity contribution is 7.98. The Morgan fingerprint density at radius 3 is 2.20 bits per heavy atom. The van der Waals surface area contributed by atoms with E-state index in [9.17, 15) is 29.1 Å². The molecule has 2 rings (SSSR count). The van der Waals surface area contributed by atoms with Gasteiger partial charge in [0.2, 0.25) is 23.6 Å². The molecule has 0 spiro atoms. The van der Waals surface area contributed by atoms with Crippen molar-refractivity contribution in [3.63, 3.8) is 0 Å². The number of rotatable bonds is 17. The molecule has 1 heterocycles. The minimum atomic E-state index is -1.36. The number of hydrogen-bond donors (Lipinski definition) is 7. The Labute approximate surface area is 237 Å². The number of aromatic amines is 1. The van der Waals surface area contributed by atoms with Gasteiger partial charge in [-0.05, 0) is 48.8 Å². The van der Waals surface area contributed by atoms with Crippen LogP contribution in [0.3, 0.4) is 0 Å². The zero-order valence-corrected chi connectivity index (χ0v) is 23.9. The smallest absolute Gasteiger partial charge is 0.326 e. The van der Waals surface area contributed by atoms with Gasteiger partial charge in [0.05, 0.1) is 6.04 Å². The molecule has 0 saturated carbocycles. The van der Waals surface area contributed by atoms with E-state index in [1.165, 1.54) is 11.8 Å². The lowest BCUT2D eigenvalue weighted by Gasteiger charge is -2.25. The lowest BCUT2D eigenvalue weighted by atomic mass is 10.0. The van der Waals surface area contributed by atoms with E-state index in [4.69, 9.17) is 11.5 Å². The van der Waals surface area contributed by atoms with Gasteiger partial charge in [-0.3, -0.25) is 19.2 Å². The van der Waals surface area contributed by atoms with Crippen LogP contribution in [-0.2, 0) is 30.4 Å². The van der Waals surface area contributed by atoms with Crippen molar-refractivity contribution in [2.75, 3.05) is 12.0 Å². The Hall–Kier alpha value is -3.58. The van der Waals surface area contributed by atoms with Crippen LogP contribution in [0.2, 0.25) is 0 Å². The van der Waals surface area contributed by atoms with Crippen molar-refractivity contribution in [1.29, 1.82) is 0 Å². The number of para-hydroxylation sites is 1. The van der Waals surface area contributed by atoms with Crippen LogP contribution in [0, 0.1) is 5.92 Å². The Balaban J connectivity index is 2.27. The molecule has 2 aromatic rings. The molecule has 220 valence electrons. The number of carbonyl (C=O) groups excluding carboxylic acids is 4. The third kappa shape index (κ3) is 10.2. The standard InChI is InChI=1S/C27H40N6O6S/c1-15(2)12-18(28)24(35)33-22(13-16-14-30-19-7-5-4-6-17(16)19)26(37)31-20(10-11-40-3)25(36)32-21(27(38)39)8-9-23(29)34/h4-7,14-15,18,20-22,30H,8-13,28H2,1-3H3,(H2,29,34)(H,31,37)(H,32,36)(H,33,35)(H,38,39). The fourth-order valence-corrected chi connectivity index (χ4v) is 4.69. The number of aromatic nitrogens is 1. The van der Waals surface area contributed by atoms with Gasteiger partial charge in [-0.15, -0.1) is 0 Å². The molecule has 40 heavy (non-hydrogen) atoms. The van der Waals surface area contributed by atoms with E-state index in [2.05, 4.69) is 20.9 Å². The van der Waals surface area contributed by atoms with Crippen molar-refractivity contribution >= 4 is 52.3 Å². The minimum absolute atomic E-state index is 0.128. The van der Waals surface area contributed by atoms with Gasteiger partial charge in [0, 0.05) is 29.9 Å². The molecule has 13 heteroatoms. The lowest BCUT2D eigenvalue weighted by molar-refractivity contribution is -0.142. The number of thioether (sulfide) groups is 1. The minimum Gasteiger partial charge on any atom is -0.480 e. The van der Waals surface area contributed by atoms with E-state index < -0.39 is 53.8 Å². The van der Waals surface area contributed by atoms with Crippen molar-refractivity contribution in [3.05, 3.63) is 36.0 Å². The number of carbonyl (C=O) groups is 5. The number of aliphatic carboxylic acids is 1. The van der Waals surface area contributed by atoms with Crippen LogP contribution in [0.1, 0.15) is 45.1 Å². The summed E-state index contributed by atoms with van der Waals surface area (Å²) in [5, 5.41) is 18.2. The highest BCUT2D eigenvalue weighted by Crippen LogP contribution is 2.19. The van der Waals surface area contributed by atoms with E-state index >= 15 is 0 Å². The molecule has 4 unspecified atom stereocenters. The summed E-state index contributed by atoms with van der Waals surface area (Å²) < 4.78 is 0. The Morgan fingerprint density at radius 2 is 1.57 bits per heavy atom. The topological polar surface area (TPSA) is 210 Å². The third-order valence-corrected chi connectivity index (χ3v) is 6.98. The summed E-state index contributed by atoms with van der Waals surface area (Å²) in [6.45, 7) is 3.87. The summed E-state index contributed by atoms with van der Waals surface area (Å²) in [4.78, 5) is 65.5. The molecule has 0 radical (unpaired) electrons. The predicted molar refractivity (Wildman–Crippen MR) is 154 cm³/mol. The molecule has 0 aliphatic rings. The summed E-state index contributed by atoms with van der Waals surface area (Å²) in [5.41, 5.74) is 12.9. The average Bonchev–Trinajstić information content (AvgIpc) is 3.30. The quantitative estimate of drug-likeness (QED) is 0.142. The molecule has 4 atom stereocenters. The fourth-order valence-electron chi connectivity index (χ4n) is 4.22. The molecule has 0 aliphatic carbocycles. The molecule has 0 saturated heterocycles. The molecule has 9 N–H and O–H groups in total. The van der Waals surface area contributed by atoms with Crippen molar-refractivity contribution in [2.24, 2.45) is 17.4 Å². The second-order valence-corrected chi connectivity index (χ2v) is 11.1. The SMILES string of the molecule is CSCCC(NC(=O)C(Cc1c[nH]c2ccccc12)NC(=O)C(N)CC(C)C)C(=O)NC(CCC(N)=O)C(=O)O. The van der Waals surface area contributed by atoms with E-state index in [0.717, 1.165) is 16.5 Å². The summed E-state index contributed by atoms with van der Waals surface area (Å²) in [6.07, 6.45) is 3.94. The summed E-state index contributed by atoms with van der Waals surface area (Å²) in [6, 6.07) is 3.22. The summed E-state index contributed by atoms with van der Waals surface area (Å²) >= 11 is 1.45. The molecule has 0 bridgehead atoms. The second-order valence-electron chi connectivity index (χ2n) is 10.1. The van der Waals surface area contributed by atoms with Crippen LogP contribution in [0.15, 0.2) is 30.5 Å². The number of carboxylic acid groups (broad SMARTS) is 1. The number of primary amides is 1. The van der Waals surface area contributed by atoms with E-state index in [-0.39, 0.29) is 31.6 Å². The highest BCUT2D eigenvalue weighted by Gasteiger charge is 2.31. The second kappa shape index (κ2) is 15.9. The highest BCUT2D eigenvalue weighted by atomic mass is 32.2. The molecule has 0 fully saturated rings. The van der Waals surface area contributed by atoms with Gasteiger partial charge in [-0.25, -0.2) is 4.79 Å². The lowest BCUT2D eigenvalue weighted by Crippen LogP contribution is -2.57. The average molecular weight is 577 g/mol. The molecular formula is C27H40N6O6S. The van der Waals surface area contributed by atoms with Crippen LogP contribution >= 0.6 is 11.8 Å². The van der Waals surface area contributed by atoms with Crippen LogP contribution < -0.4 is 27.4 Å². The first-order valence-electron chi connectivity index (χ1n) is 13.1. The summed E-state index contributed by atoms with van der Waals surface area (Å²) in [5.74, 6) is -3.17. The van der Waals surface area contributed by atoms with Gasteiger partial charge < -0.3 is 37.5 Å². The Bertz CT molecular complexity index is 1190. The largest absolute Gasteiger partial charge is 0.480 e. The van der Waals surface area contributed by atoms with Crippen molar-refractivity contribution in [1.82, 2.24) is 20.9 Å². The zero-order valence-electron chi connectivity index (χ0n) is 23.1. The maximum absolute atomic E-state index is 13.6. The van der Waals surface area contributed by atoms with Crippen molar-refractivity contribution < 1.29 is 29.1 Å². The number of benzene rings is 1. The number of fused-ring (bicyclic) bond motifs is 1. The van der Waals surface area contributed by atoms with Gasteiger partial charge in [0.25, 0.3) is 0 Å². The van der Waals surface area contributed by atoms with Crippen LogP contribution in [0.5, 0.6) is 0 Å². The first kappa shape index (κ1) is 32.6. The number of carboxylic acids is 1. The van der Waals surface area contributed by atoms with E-state index in [0.29, 0.717) is 12.2 Å². The molecule has 0 aliphatic heterocycles. The first-order chi connectivity index (χ1) is 18.9. The maximum Gasteiger partial charge on any atom is 0.326 e. The number of amides is 4. The number of hydrogen-bond acceptors (Lipinski definition) is 7. The normalized spacial score (nSPS) is 14.2. The van der Waals surface area contributed by atoms with Gasteiger partial charge in [-0.2, -0.15) is 11.8 Å². The van der Waals surface area contributed by atoms with E-state index in [1.807, 2.05) is 44.4 Å². The molecule has 12 nitrogen and oxygen atoms in total. The fraction of sp³-hybridized carbons (Fsp3) is 0.519. The van der Waals surface area contributed by atoms with Gasteiger partial charge in [0.1, 0.15) is 18.1 Å². The van der Waals surface area contributed by atoms with Crippen LogP contribution in [-0.4, -0.2) is 75.9 Å². The Kier molecular flexibility index (Phi) is 12.9. The first-order valence-corrected chi connectivity index (χ1v) is 14.5. The number of nitrogens with one attached hydrogen (secondary N) is 4. The maximum atomic E-state index is 13.6. The zero-order chi connectivity index (χ0) is 29.8. The number of H-pyrrole nitrogens is 1. The number of nitrogens with two attached hydrogens (primary N) is 2. The summed E-state index contributed by atoms with van der Waals surface area (Å²) in [7, 11) is 0. The molecule has 4 amide bonds. The van der Waals surface area contributed by atoms with Gasteiger partial charge in [-0.1, -0.05) is 32.0 Å². The van der Waals surface area contributed by atoms with Gasteiger partial charge >= 0.3 is 5.97 Å². The monoisotopic (exact) mass is 576 g/mol. The van der Waals surface area contributed by atoms with Crippen molar-refractivity contribution in [3.8, 4) is 0 Å². The third-order valence-electron chi connectivity index (χ3n) is 6.33. The predicted octanol–water partition coefficient (Wildman–Crippen LogP) is 0.641. The van der Waals surface area contributed by atoms with E-state index in [1.54, 1.807) is 6.20 Å². The van der Waals surface area contributed by atoms with Crippen molar-refractivity contribution in [2.45, 2.75) is 70.1 Å². The molecular weight excluding hydrogens is 536 g/mol. The Morgan fingerprint density at radius 1 is 0.950 bits per heavy atom. The van der Waals surface area contributed by atoms with Gasteiger partial charge in [0.15, 0.2) is 0 Å². The van der Waals surface area contributed by atoms with Crippen LogP contribution in [0.25, 0.3) is 10.9 Å². The molecule has 1 aromatic carbocycles.